The Hall–Kier alpha value is -2.74. The second-order valence-corrected chi connectivity index (χ2v) is 7.39. The molecule has 5 nitrogen and oxygen atoms in total. The van der Waals surface area contributed by atoms with Crippen molar-refractivity contribution in [2.24, 2.45) is 0 Å². The Balaban J connectivity index is 1.79. The number of morpholine rings is 1. The van der Waals surface area contributed by atoms with Gasteiger partial charge in [0, 0.05) is 13.1 Å². The normalized spacial score (nSPS) is 14.5. The first-order valence-corrected chi connectivity index (χ1v) is 9.69. The molecule has 0 bridgehead atoms. The second-order valence-electron chi connectivity index (χ2n) is 7.39. The van der Waals surface area contributed by atoms with Crippen molar-refractivity contribution in [3.63, 3.8) is 0 Å². The maximum atomic E-state index is 13.2. The van der Waals surface area contributed by atoms with Crippen LogP contribution in [0.15, 0.2) is 30.3 Å². The monoisotopic (exact) mass is 422 g/mol. The summed E-state index contributed by atoms with van der Waals surface area (Å²) in [5.41, 5.74) is 2.70. The Morgan fingerprint density at radius 1 is 1.10 bits per heavy atom. The summed E-state index contributed by atoms with van der Waals surface area (Å²) in [6.07, 6.45) is -4.50. The Kier molecular flexibility index (Phi) is 6.55. The van der Waals surface area contributed by atoms with Gasteiger partial charge in [-0.05, 0) is 50.1 Å². The van der Waals surface area contributed by atoms with Crippen molar-refractivity contribution in [1.82, 2.24) is 0 Å². The third-order valence-electron chi connectivity index (χ3n) is 4.90. The number of aryl methyl sites for hydroxylation is 3. The highest BCUT2D eigenvalue weighted by Gasteiger charge is 2.32. The highest BCUT2D eigenvalue weighted by molar-refractivity contribution is 5.95. The van der Waals surface area contributed by atoms with E-state index in [1.165, 1.54) is 6.07 Å². The van der Waals surface area contributed by atoms with Gasteiger partial charge in [-0.3, -0.25) is 4.79 Å². The van der Waals surface area contributed by atoms with Crippen LogP contribution in [-0.2, 0) is 15.7 Å². The molecule has 0 unspecified atom stereocenters. The molecule has 2 aromatic rings. The maximum Gasteiger partial charge on any atom is 0.416 e. The number of carbonyl (C=O) groups is 1. The van der Waals surface area contributed by atoms with E-state index < -0.39 is 17.6 Å². The Morgan fingerprint density at radius 3 is 2.33 bits per heavy atom. The summed E-state index contributed by atoms with van der Waals surface area (Å²) in [6.45, 7) is 7.46. The van der Waals surface area contributed by atoms with Crippen LogP contribution in [0.5, 0.6) is 5.75 Å². The first-order valence-electron chi connectivity index (χ1n) is 9.69. The van der Waals surface area contributed by atoms with E-state index in [0.29, 0.717) is 37.7 Å². The molecule has 1 aliphatic rings. The van der Waals surface area contributed by atoms with Crippen LogP contribution in [0, 0.1) is 20.8 Å². The number of nitrogens with zero attached hydrogens (tertiary/aromatic N) is 1. The molecule has 0 saturated carbocycles. The van der Waals surface area contributed by atoms with Gasteiger partial charge in [-0.1, -0.05) is 17.7 Å². The van der Waals surface area contributed by atoms with Crippen molar-refractivity contribution >= 4 is 17.3 Å². The summed E-state index contributed by atoms with van der Waals surface area (Å²) in [4.78, 5) is 14.4. The van der Waals surface area contributed by atoms with Crippen LogP contribution in [0.2, 0.25) is 0 Å². The quantitative estimate of drug-likeness (QED) is 0.772. The molecule has 162 valence electrons. The lowest BCUT2D eigenvalue weighted by atomic mass is 10.1. The molecule has 0 atom stereocenters. The minimum Gasteiger partial charge on any atom is -0.483 e. The van der Waals surface area contributed by atoms with Gasteiger partial charge in [0.2, 0.25) is 0 Å². The number of hydrogen-bond donors (Lipinski definition) is 1. The van der Waals surface area contributed by atoms with Gasteiger partial charge in [0.25, 0.3) is 5.91 Å². The SMILES string of the molecule is Cc1cc(C)c(OCC(=O)Nc2cc(C(F)(F)F)ccc2N2CCOCC2)c(C)c1. The molecule has 3 rings (SSSR count). The number of nitrogens with one attached hydrogen (secondary N) is 1. The molecule has 0 aromatic heterocycles. The summed E-state index contributed by atoms with van der Waals surface area (Å²) < 4.78 is 50.6. The van der Waals surface area contributed by atoms with Crippen LogP contribution in [0.1, 0.15) is 22.3 Å². The van der Waals surface area contributed by atoms with Crippen LogP contribution in [0.3, 0.4) is 0 Å². The Labute approximate surface area is 173 Å². The number of amides is 1. The predicted octanol–water partition coefficient (Wildman–Crippen LogP) is 4.48. The lowest BCUT2D eigenvalue weighted by Crippen LogP contribution is -2.37. The van der Waals surface area contributed by atoms with E-state index in [2.05, 4.69) is 5.32 Å². The number of rotatable bonds is 5. The van der Waals surface area contributed by atoms with Gasteiger partial charge in [-0.15, -0.1) is 0 Å². The summed E-state index contributed by atoms with van der Waals surface area (Å²) >= 11 is 0. The van der Waals surface area contributed by atoms with Crippen LogP contribution >= 0.6 is 0 Å². The molecule has 30 heavy (non-hydrogen) atoms. The maximum absolute atomic E-state index is 13.2. The predicted molar refractivity (Wildman–Crippen MR) is 109 cm³/mol. The van der Waals surface area contributed by atoms with Crippen molar-refractivity contribution in [2.45, 2.75) is 26.9 Å². The van der Waals surface area contributed by atoms with E-state index in [0.717, 1.165) is 28.8 Å². The molecule has 0 spiro atoms. The number of ether oxygens (including phenoxy) is 2. The molecule has 8 heteroatoms. The van der Waals surface area contributed by atoms with E-state index in [-0.39, 0.29) is 12.3 Å². The standard InChI is InChI=1S/C22H25F3N2O3/c1-14-10-15(2)21(16(3)11-14)30-13-20(28)26-18-12-17(22(23,24)25)4-5-19(18)27-6-8-29-9-7-27/h4-5,10-12H,6-9,13H2,1-3H3,(H,26,28). The van der Waals surface area contributed by atoms with E-state index in [4.69, 9.17) is 9.47 Å². The minimum atomic E-state index is -4.50. The number of halogens is 3. The van der Waals surface area contributed by atoms with E-state index in [1.807, 2.05) is 37.8 Å². The lowest BCUT2D eigenvalue weighted by molar-refractivity contribution is -0.137. The smallest absolute Gasteiger partial charge is 0.416 e. The molecule has 1 N–H and O–H groups in total. The van der Waals surface area contributed by atoms with Crippen molar-refractivity contribution in [3.8, 4) is 5.75 Å². The van der Waals surface area contributed by atoms with E-state index >= 15 is 0 Å². The van der Waals surface area contributed by atoms with E-state index in [1.54, 1.807) is 0 Å². The molecule has 1 saturated heterocycles. The van der Waals surface area contributed by atoms with Crippen molar-refractivity contribution in [3.05, 3.63) is 52.6 Å². The summed E-state index contributed by atoms with van der Waals surface area (Å²) in [5, 5.41) is 2.59. The summed E-state index contributed by atoms with van der Waals surface area (Å²) in [7, 11) is 0. The van der Waals surface area contributed by atoms with Gasteiger partial charge in [0.1, 0.15) is 5.75 Å². The van der Waals surface area contributed by atoms with Gasteiger partial charge in [0.05, 0.1) is 30.2 Å². The van der Waals surface area contributed by atoms with Crippen LogP contribution in [0.25, 0.3) is 0 Å². The molecular weight excluding hydrogens is 397 g/mol. The molecule has 1 heterocycles. The van der Waals surface area contributed by atoms with Gasteiger partial charge >= 0.3 is 6.18 Å². The fourth-order valence-electron chi connectivity index (χ4n) is 3.61. The van der Waals surface area contributed by atoms with Gasteiger partial charge in [-0.25, -0.2) is 0 Å². The lowest BCUT2D eigenvalue weighted by Gasteiger charge is -2.31. The fraction of sp³-hybridized carbons (Fsp3) is 0.409. The van der Waals surface area contributed by atoms with Gasteiger partial charge < -0.3 is 19.7 Å². The third-order valence-corrected chi connectivity index (χ3v) is 4.90. The Morgan fingerprint density at radius 2 is 1.73 bits per heavy atom. The Bertz CT molecular complexity index is 899. The molecule has 1 amide bonds. The average molecular weight is 422 g/mol. The largest absolute Gasteiger partial charge is 0.483 e. The molecule has 1 fully saturated rings. The zero-order chi connectivity index (χ0) is 21.9. The van der Waals surface area contributed by atoms with Gasteiger partial charge in [-0.2, -0.15) is 13.2 Å². The number of carbonyl (C=O) groups excluding carboxylic acids is 1. The number of alkyl halides is 3. The zero-order valence-electron chi connectivity index (χ0n) is 17.2. The second kappa shape index (κ2) is 8.95. The van der Waals surface area contributed by atoms with Crippen molar-refractivity contribution < 1.29 is 27.4 Å². The average Bonchev–Trinajstić information content (AvgIpc) is 2.67. The number of hydrogen-bond acceptors (Lipinski definition) is 4. The first kappa shape index (κ1) is 22.0. The number of benzene rings is 2. The van der Waals surface area contributed by atoms with Crippen LogP contribution < -0.4 is 15.0 Å². The topological polar surface area (TPSA) is 50.8 Å². The zero-order valence-corrected chi connectivity index (χ0v) is 17.2. The molecular formula is C22H25F3N2O3. The fourth-order valence-corrected chi connectivity index (χ4v) is 3.61. The van der Waals surface area contributed by atoms with Crippen molar-refractivity contribution in [2.75, 3.05) is 43.1 Å². The highest BCUT2D eigenvalue weighted by Crippen LogP contribution is 2.36. The summed E-state index contributed by atoms with van der Waals surface area (Å²) in [6, 6.07) is 7.27. The minimum absolute atomic E-state index is 0.109. The number of anilines is 2. The molecule has 0 radical (unpaired) electrons. The molecule has 0 aliphatic carbocycles. The van der Waals surface area contributed by atoms with Gasteiger partial charge in [0.15, 0.2) is 6.61 Å². The van der Waals surface area contributed by atoms with E-state index in [9.17, 15) is 18.0 Å². The van der Waals surface area contributed by atoms with Crippen molar-refractivity contribution in [1.29, 1.82) is 0 Å². The van der Waals surface area contributed by atoms with Crippen LogP contribution in [0.4, 0.5) is 24.5 Å². The van der Waals surface area contributed by atoms with Crippen LogP contribution in [-0.4, -0.2) is 38.8 Å². The third kappa shape index (κ3) is 5.24. The first-order chi connectivity index (χ1) is 14.1. The summed E-state index contributed by atoms with van der Waals surface area (Å²) in [5.74, 6) is 0.0800. The highest BCUT2D eigenvalue weighted by atomic mass is 19.4. The molecule has 2 aromatic carbocycles. The molecule has 1 aliphatic heterocycles.